The number of fused-ring (bicyclic) bond motifs is 1. The lowest BCUT2D eigenvalue weighted by molar-refractivity contribution is 0.602. The molecule has 17 heavy (non-hydrogen) atoms. The lowest BCUT2D eigenvalue weighted by atomic mass is 10.3. The Morgan fingerprint density at radius 1 is 1.47 bits per heavy atom. The number of anilines is 1. The molecule has 0 bridgehead atoms. The van der Waals surface area contributed by atoms with Crippen molar-refractivity contribution in [3.63, 3.8) is 0 Å². The van der Waals surface area contributed by atoms with Crippen molar-refractivity contribution in [1.29, 1.82) is 0 Å². The Labute approximate surface area is 99.7 Å². The van der Waals surface area contributed by atoms with Gasteiger partial charge in [0.2, 0.25) is 10.0 Å². The molecule has 0 aliphatic heterocycles. The van der Waals surface area contributed by atoms with Gasteiger partial charge in [0.25, 0.3) is 0 Å². The SMILES string of the molecule is CCS(=O)(=O)Nc1cnc2c(c1)c(C)nn2C. The van der Waals surface area contributed by atoms with E-state index in [0.717, 1.165) is 16.7 Å². The summed E-state index contributed by atoms with van der Waals surface area (Å²) in [4.78, 5) is 4.19. The first-order chi connectivity index (χ1) is 7.93. The first-order valence-corrected chi connectivity index (χ1v) is 6.88. The Morgan fingerprint density at radius 2 is 2.18 bits per heavy atom. The topological polar surface area (TPSA) is 76.9 Å². The van der Waals surface area contributed by atoms with Crippen LogP contribution >= 0.6 is 0 Å². The van der Waals surface area contributed by atoms with Crippen LogP contribution in [0.3, 0.4) is 0 Å². The van der Waals surface area contributed by atoms with Gasteiger partial charge in [-0.15, -0.1) is 0 Å². The maximum Gasteiger partial charge on any atom is 0.232 e. The Kier molecular flexibility index (Phi) is 2.78. The fraction of sp³-hybridized carbons (Fsp3) is 0.400. The molecule has 0 aliphatic carbocycles. The van der Waals surface area contributed by atoms with E-state index in [-0.39, 0.29) is 5.75 Å². The van der Waals surface area contributed by atoms with Gasteiger partial charge in [0.1, 0.15) is 0 Å². The monoisotopic (exact) mass is 254 g/mol. The molecule has 7 heteroatoms. The van der Waals surface area contributed by atoms with E-state index in [9.17, 15) is 8.42 Å². The second-order valence-electron chi connectivity index (χ2n) is 3.81. The summed E-state index contributed by atoms with van der Waals surface area (Å²) in [5.74, 6) is 0.0387. The zero-order chi connectivity index (χ0) is 12.6. The van der Waals surface area contributed by atoms with Gasteiger partial charge >= 0.3 is 0 Å². The van der Waals surface area contributed by atoms with Gasteiger partial charge in [-0.05, 0) is 19.9 Å². The van der Waals surface area contributed by atoms with Crippen LogP contribution in [-0.4, -0.2) is 28.9 Å². The van der Waals surface area contributed by atoms with Crippen molar-refractivity contribution in [2.24, 2.45) is 7.05 Å². The zero-order valence-corrected chi connectivity index (χ0v) is 10.7. The summed E-state index contributed by atoms with van der Waals surface area (Å²) in [7, 11) is -1.46. The highest BCUT2D eigenvalue weighted by Gasteiger charge is 2.10. The fourth-order valence-corrected chi connectivity index (χ4v) is 2.23. The minimum atomic E-state index is -3.26. The van der Waals surface area contributed by atoms with E-state index in [4.69, 9.17) is 0 Å². The summed E-state index contributed by atoms with van der Waals surface area (Å²) in [6.07, 6.45) is 1.50. The van der Waals surface area contributed by atoms with Gasteiger partial charge in [-0.25, -0.2) is 13.4 Å². The molecule has 1 N–H and O–H groups in total. The Hall–Kier alpha value is -1.63. The van der Waals surface area contributed by atoms with Crippen LogP contribution in [0, 0.1) is 6.92 Å². The van der Waals surface area contributed by atoms with E-state index in [1.54, 1.807) is 24.7 Å². The molecule has 0 radical (unpaired) electrons. The highest BCUT2D eigenvalue weighted by atomic mass is 32.2. The fourth-order valence-electron chi connectivity index (χ4n) is 1.62. The number of rotatable bonds is 3. The Balaban J connectivity index is 2.48. The number of sulfonamides is 1. The average molecular weight is 254 g/mol. The molecule has 0 aromatic carbocycles. The third-order valence-corrected chi connectivity index (χ3v) is 3.82. The van der Waals surface area contributed by atoms with Gasteiger partial charge in [0.05, 0.1) is 23.3 Å². The van der Waals surface area contributed by atoms with Crippen LogP contribution in [0.2, 0.25) is 0 Å². The summed E-state index contributed by atoms with van der Waals surface area (Å²) in [6.45, 7) is 3.45. The second-order valence-corrected chi connectivity index (χ2v) is 5.82. The van der Waals surface area contributed by atoms with Crippen LogP contribution < -0.4 is 4.72 Å². The lowest BCUT2D eigenvalue weighted by Crippen LogP contribution is -2.14. The smallest absolute Gasteiger partial charge is 0.232 e. The average Bonchev–Trinajstić information content (AvgIpc) is 2.54. The minimum absolute atomic E-state index is 0.0387. The second kappa shape index (κ2) is 3.99. The Bertz CT molecular complexity index is 660. The van der Waals surface area contributed by atoms with Gasteiger partial charge < -0.3 is 0 Å². The van der Waals surface area contributed by atoms with E-state index in [2.05, 4.69) is 14.8 Å². The molecule has 0 fully saturated rings. The first-order valence-electron chi connectivity index (χ1n) is 5.23. The third kappa shape index (κ3) is 2.23. The zero-order valence-electron chi connectivity index (χ0n) is 9.93. The van der Waals surface area contributed by atoms with Crippen LogP contribution in [0.5, 0.6) is 0 Å². The molecular weight excluding hydrogens is 240 g/mol. The maximum atomic E-state index is 11.4. The summed E-state index contributed by atoms with van der Waals surface area (Å²) < 4.78 is 27.0. The summed E-state index contributed by atoms with van der Waals surface area (Å²) in [5, 5.41) is 5.08. The van der Waals surface area contributed by atoms with E-state index < -0.39 is 10.0 Å². The lowest BCUT2D eigenvalue weighted by Gasteiger charge is -2.05. The van der Waals surface area contributed by atoms with Crippen LogP contribution in [0.1, 0.15) is 12.6 Å². The van der Waals surface area contributed by atoms with Gasteiger partial charge in [-0.2, -0.15) is 5.10 Å². The van der Waals surface area contributed by atoms with Crippen molar-refractivity contribution >= 4 is 26.7 Å². The quantitative estimate of drug-likeness (QED) is 0.887. The van der Waals surface area contributed by atoms with Gasteiger partial charge in [0, 0.05) is 12.4 Å². The highest BCUT2D eigenvalue weighted by Crippen LogP contribution is 2.19. The molecule has 2 heterocycles. The highest BCUT2D eigenvalue weighted by molar-refractivity contribution is 7.92. The van der Waals surface area contributed by atoms with E-state index in [1.807, 2.05) is 6.92 Å². The molecule has 2 aromatic heterocycles. The van der Waals surface area contributed by atoms with Gasteiger partial charge in [-0.1, -0.05) is 0 Å². The van der Waals surface area contributed by atoms with Crippen molar-refractivity contribution < 1.29 is 8.42 Å². The van der Waals surface area contributed by atoms with E-state index >= 15 is 0 Å². The number of nitrogens with zero attached hydrogens (tertiary/aromatic N) is 3. The summed E-state index contributed by atoms with van der Waals surface area (Å²) in [6, 6.07) is 1.75. The maximum absolute atomic E-state index is 11.4. The molecule has 0 atom stereocenters. The van der Waals surface area contributed by atoms with Crippen molar-refractivity contribution in [3.8, 4) is 0 Å². The van der Waals surface area contributed by atoms with Crippen LogP contribution in [-0.2, 0) is 17.1 Å². The number of nitrogens with one attached hydrogen (secondary N) is 1. The molecule has 6 nitrogen and oxygen atoms in total. The molecular formula is C10H14N4O2S. The molecule has 0 spiro atoms. The van der Waals surface area contributed by atoms with Crippen LogP contribution in [0.25, 0.3) is 11.0 Å². The first kappa shape index (κ1) is 11.8. The molecule has 2 rings (SSSR count). The molecule has 2 aromatic rings. The third-order valence-electron chi connectivity index (χ3n) is 2.52. The Morgan fingerprint density at radius 3 is 2.82 bits per heavy atom. The number of aryl methyl sites for hydroxylation is 2. The number of hydrogen-bond acceptors (Lipinski definition) is 4. The van der Waals surface area contributed by atoms with Gasteiger partial charge in [-0.3, -0.25) is 9.40 Å². The molecule has 0 unspecified atom stereocenters. The number of pyridine rings is 1. The van der Waals surface area contributed by atoms with Crippen molar-refractivity contribution in [2.45, 2.75) is 13.8 Å². The van der Waals surface area contributed by atoms with Crippen molar-refractivity contribution in [3.05, 3.63) is 18.0 Å². The van der Waals surface area contributed by atoms with Crippen LogP contribution in [0.15, 0.2) is 12.3 Å². The number of aromatic nitrogens is 3. The predicted molar refractivity (Wildman–Crippen MR) is 66.3 cm³/mol. The standard InChI is InChI=1S/C10H14N4O2S/c1-4-17(15,16)13-8-5-9-7(2)12-14(3)10(9)11-6-8/h5-6,13H,4H2,1-3H3. The molecule has 0 aliphatic rings. The predicted octanol–water partition coefficient (Wildman–Crippen LogP) is 1.04. The van der Waals surface area contributed by atoms with Crippen LogP contribution in [0.4, 0.5) is 5.69 Å². The normalized spacial score (nSPS) is 11.9. The molecule has 0 amide bonds. The van der Waals surface area contributed by atoms with Crippen molar-refractivity contribution in [1.82, 2.24) is 14.8 Å². The van der Waals surface area contributed by atoms with Crippen molar-refractivity contribution in [2.75, 3.05) is 10.5 Å². The van der Waals surface area contributed by atoms with E-state index in [1.165, 1.54) is 6.20 Å². The summed E-state index contributed by atoms with van der Waals surface area (Å²) >= 11 is 0. The van der Waals surface area contributed by atoms with E-state index in [0.29, 0.717) is 5.69 Å². The minimum Gasteiger partial charge on any atom is -0.282 e. The number of hydrogen-bond donors (Lipinski definition) is 1. The molecule has 0 saturated heterocycles. The largest absolute Gasteiger partial charge is 0.282 e. The molecule has 92 valence electrons. The summed E-state index contributed by atoms with van der Waals surface area (Å²) in [5.41, 5.74) is 2.03. The molecule has 0 saturated carbocycles. The van der Waals surface area contributed by atoms with Gasteiger partial charge in [0.15, 0.2) is 5.65 Å².